The molecule has 0 aliphatic carbocycles. The first-order chi connectivity index (χ1) is 8.06. The van der Waals surface area contributed by atoms with Crippen LogP contribution in [0.2, 0.25) is 0 Å². The highest BCUT2D eigenvalue weighted by atomic mass is 19.3. The average molecular weight is 239 g/mol. The number of aryl methyl sites for hydroxylation is 1. The second-order valence-corrected chi connectivity index (χ2v) is 3.32. The molecule has 0 N–H and O–H groups in total. The van der Waals surface area contributed by atoms with Gasteiger partial charge in [0, 0.05) is 5.56 Å². The van der Waals surface area contributed by atoms with E-state index in [1.165, 1.54) is 6.07 Å². The highest BCUT2D eigenvalue weighted by Gasteiger charge is 2.24. The van der Waals surface area contributed by atoms with Gasteiger partial charge in [0.05, 0.1) is 18.2 Å². The molecule has 0 heterocycles. The molecule has 0 aromatic heterocycles. The molecule has 0 atom stereocenters. The summed E-state index contributed by atoms with van der Waals surface area (Å²) in [7, 11) is 1.09. The van der Waals surface area contributed by atoms with E-state index in [1.54, 1.807) is 13.0 Å². The normalized spacial score (nSPS) is 10.1. The summed E-state index contributed by atoms with van der Waals surface area (Å²) in [4.78, 5) is 11.5. The van der Waals surface area contributed by atoms with Crippen LogP contribution < -0.4 is 0 Å². The maximum absolute atomic E-state index is 12.8. The van der Waals surface area contributed by atoms with Gasteiger partial charge in [-0.2, -0.15) is 5.26 Å². The third kappa shape index (κ3) is 2.41. The minimum absolute atomic E-state index is 0.0304. The first kappa shape index (κ1) is 13.1. The molecule has 0 fully saturated rings. The van der Waals surface area contributed by atoms with E-state index in [2.05, 4.69) is 4.74 Å². The van der Waals surface area contributed by atoms with Crippen molar-refractivity contribution in [2.75, 3.05) is 7.11 Å². The van der Waals surface area contributed by atoms with Gasteiger partial charge in [-0.1, -0.05) is 19.1 Å². The number of hydrogen-bond acceptors (Lipinski definition) is 3. The van der Waals surface area contributed by atoms with Gasteiger partial charge in [-0.25, -0.2) is 13.6 Å². The van der Waals surface area contributed by atoms with Crippen LogP contribution >= 0.6 is 0 Å². The first-order valence-electron chi connectivity index (χ1n) is 4.99. The maximum Gasteiger partial charge on any atom is 0.339 e. The lowest BCUT2D eigenvalue weighted by atomic mass is 9.95. The number of esters is 1. The summed E-state index contributed by atoms with van der Waals surface area (Å²) in [5, 5.41) is 8.98. The highest BCUT2D eigenvalue weighted by molar-refractivity contribution is 5.94. The van der Waals surface area contributed by atoms with Gasteiger partial charge in [0.1, 0.15) is 6.07 Å². The summed E-state index contributed by atoms with van der Waals surface area (Å²) < 4.78 is 30.0. The quantitative estimate of drug-likeness (QED) is 0.762. The van der Waals surface area contributed by atoms with Gasteiger partial charge < -0.3 is 4.74 Å². The molecule has 0 aliphatic heterocycles. The zero-order chi connectivity index (χ0) is 13.0. The van der Waals surface area contributed by atoms with E-state index in [9.17, 15) is 13.6 Å². The molecule has 0 bridgehead atoms. The Bertz CT molecular complexity index is 478. The number of methoxy groups -OCH3 is 1. The minimum Gasteiger partial charge on any atom is -0.465 e. The number of ether oxygens (including phenoxy) is 1. The molecule has 1 aromatic carbocycles. The number of alkyl halides is 2. The summed E-state index contributed by atoms with van der Waals surface area (Å²) in [5.74, 6) is -0.910. The van der Waals surface area contributed by atoms with Crippen LogP contribution in [0.5, 0.6) is 0 Å². The molecule has 0 aliphatic rings. The average Bonchev–Trinajstić information content (AvgIpc) is 2.35. The van der Waals surface area contributed by atoms with Crippen LogP contribution in [0.15, 0.2) is 12.1 Å². The van der Waals surface area contributed by atoms with Crippen LogP contribution in [0.1, 0.15) is 40.4 Å². The van der Waals surface area contributed by atoms with Crippen molar-refractivity contribution in [1.29, 1.82) is 5.26 Å². The molecule has 0 saturated heterocycles. The Kier molecular flexibility index (Phi) is 4.16. The summed E-state index contributed by atoms with van der Waals surface area (Å²) >= 11 is 0. The molecular weight excluding hydrogens is 228 g/mol. The predicted octanol–water partition coefficient (Wildman–Crippen LogP) is 2.84. The van der Waals surface area contributed by atoms with Crippen LogP contribution in [-0.4, -0.2) is 13.1 Å². The number of benzene rings is 1. The maximum atomic E-state index is 12.8. The zero-order valence-corrected chi connectivity index (χ0v) is 9.46. The van der Waals surface area contributed by atoms with Crippen molar-refractivity contribution in [3.63, 3.8) is 0 Å². The second kappa shape index (κ2) is 5.39. The van der Waals surface area contributed by atoms with Crippen molar-refractivity contribution in [3.05, 3.63) is 34.4 Å². The lowest BCUT2D eigenvalue weighted by Gasteiger charge is -2.11. The zero-order valence-electron chi connectivity index (χ0n) is 9.46. The topological polar surface area (TPSA) is 50.1 Å². The fourth-order valence-electron chi connectivity index (χ4n) is 1.59. The van der Waals surface area contributed by atoms with Crippen molar-refractivity contribution in [2.45, 2.75) is 19.8 Å². The van der Waals surface area contributed by atoms with Gasteiger partial charge >= 0.3 is 5.97 Å². The lowest BCUT2D eigenvalue weighted by Crippen LogP contribution is -2.11. The molecule has 0 radical (unpaired) electrons. The predicted molar refractivity (Wildman–Crippen MR) is 56.8 cm³/mol. The molecule has 5 heteroatoms. The molecule has 90 valence electrons. The SMILES string of the molecule is CCc1ccc(C(F)F)c(C(=O)OC)c1C#N. The Labute approximate surface area is 97.6 Å². The molecule has 3 nitrogen and oxygen atoms in total. The Morgan fingerprint density at radius 3 is 2.59 bits per heavy atom. The number of hydrogen-bond donors (Lipinski definition) is 0. The number of nitriles is 1. The summed E-state index contributed by atoms with van der Waals surface area (Å²) in [6.45, 7) is 1.78. The Morgan fingerprint density at radius 1 is 1.53 bits per heavy atom. The van der Waals surface area contributed by atoms with Gasteiger partial charge in [0.15, 0.2) is 0 Å². The number of halogens is 2. The van der Waals surface area contributed by atoms with E-state index in [-0.39, 0.29) is 11.1 Å². The third-order valence-electron chi connectivity index (χ3n) is 2.44. The molecular formula is C12H11F2NO2. The number of rotatable bonds is 3. The molecule has 1 rings (SSSR count). The number of nitrogens with zero attached hydrogens (tertiary/aromatic N) is 1. The van der Waals surface area contributed by atoms with E-state index in [1.807, 2.05) is 0 Å². The van der Waals surface area contributed by atoms with Crippen molar-refractivity contribution < 1.29 is 18.3 Å². The summed E-state index contributed by atoms with van der Waals surface area (Å²) in [6, 6.07) is 4.39. The third-order valence-corrected chi connectivity index (χ3v) is 2.44. The molecule has 0 saturated carbocycles. The molecule has 17 heavy (non-hydrogen) atoms. The molecule has 0 spiro atoms. The molecule has 1 aromatic rings. The molecule has 0 unspecified atom stereocenters. The van der Waals surface area contributed by atoms with Crippen molar-refractivity contribution in [1.82, 2.24) is 0 Å². The first-order valence-corrected chi connectivity index (χ1v) is 4.99. The monoisotopic (exact) mass is 239 g/mol. The number of carbonyl (C=O) groups is 1. The van der Waals surface area contributed by atoms with Gasteiger partial charge in [0.2, 0.25) is 0 Å². The smallest absolute Gasteiger partial charge is 0.339 e. The summed E-state index contributed by atoms with van der Waals surface area (Å²) in [6.07, 6.45) is -2.33. The van der Waals surface area contributed by atoms with Gasteiger partial charge in [-0.15, -0.1) is 0 Å². The Balaban J connectivity index is 3.57. The van der Waals surface area contributed by atoms with Crippen LogP contribution in [0.25, 0.3) is 0 Å². The van der Waals surface area contributed by atoms with E-state index >= 15 is 0 Å². The van der Waals surface area contributed by atoms with Crippen molar-refractivity contribution in [2.24, 2.45) is 0 Å². The van der Waals surface area contributed by atoms with Crippen LogP contribution in [0.4, 0.5) is 8.78 Å². The van der Waals surface area contributed by atoms with Crippen LogP contribution in [0, 0.1) is 11.3 Å². The fraction of sp³-hybridized carbons (Fsp3) is 0.333. The molecule has 0 amide bonds. The van der Waals surface area contributed by atoms with E-state index in [4.69, 9.17) is 5.26 Å². The number of carbonyl (C=O) groups excluding carboxylic acids is 1. The minimum atomic E-state index is -2.82. The van der Waals surface area contributed by atoms with E-state index in [0.717, 1.165) is 13.2 Å². The summed E-state index contributed by atoms with van der Waals surface area (Å²) in [5.41, 5.74) is -0.274. The van der Waals surface area contributed by atoms with Crippen LogP contribution in [0.3, 0.4) is 0 Å². The van der Waals surface area contributed by atoms with E-state index in [0.29, 0.717) is 12.0 Å². The van der Waals surface area contributed by atoms with Gasteiger partial charge in [0.25, 0.3) is 6.43 Å². The lowest BCUT2D eigenvalue weighted by molar-refractivity contribution is 0.0589. The highest BCUT2D eigenvalue weighted by Crippen LogP contribution is 2.28. The largest absolute Gasteiger partial charge is 0.465 e. The van der Waals surface area contributed by atoms with Crippen LogP contribution in [-0.2, 0) is 11.2 Å². The standard InChI is InChI=1S/C12H11F2NO2/c1-3-7-4-5-8(11(13)14)10(9(7)6-15)12(16)17-2/h4-5,11H,3H2,1-2H3. The van der Waals surface area contributed by atoms with Gasteiger partial charge in [-0.05, 0) is 12.0 Å². The second-order valence-electron chi connectivity index (χ2n) is 3.32. The van der Waals surface area contributed by atoms with E-state index < -0.39 is 18.0 Å². The van der Waals surface area contributed by atoms with Gasteiger partial charge in [-0.3, -0.25) is 0 Å². The Hall–Kier alpha value is -1.96. The fourth-order valence-corrected chi connectivity index (χ4v) is 1.59. The Morgan fingerprint density at radius 2 is 2.18 bits per heavy atom. The van der Waals surface area contributed by atoms with Crippen molar-refractivity contribution in [3.8, 4) is 6.07 Å². The van der Waals surface area contributed by atoms with Crippen molar-refractivity contribution >= 4 is 5.97 Å².